The van der Waals surface area contributed by atoms with Crippen molar-refractivity contribution in [3.63, 3.8) is 0 Å². The van der Waals surface area contributed by atoms with E-state index >= 15 is 0 Å². The maximum absolute atomic E-state index is 12.7. The van der Waals surface area contributed by atoms with Crippen LogP contribution < -0.4 is 0 Å². The van der Waals surface area contributed by atoms with E-state index in [4.69, 9.17) is 9.47 Å². The number of carbonyl (C=O) groups is 1. The van der Waals surface area contributed by atoms with E-state index in [0.29, 0.717) is 13.2 Å². The summed E-state index contributed by atoms with van der Waals surface area (Å²) in [4.78, 5) is 12.7. The van der Waals surface area contributed by atoms with Crippen molar-refractivity contribution in [3.05, 3.63) is 34.9 Å². The molecule has 0 N–H and O–H groups in total. The van der Waals surface area contributed by atoms with Gasteiger partial charge < -0.3 is 9.47 Å². The Balaban J connectivity index is 1.77. The molecule has 108 valence electrons. The Morgan fingerprint density at radius 1 is 1.25 bits per heavy atom. The summed E-state index contributed by atoms with van der Waals surface area (Å²) in [6.07, 6.45) is 2.55. The summed E-state index contributed by atoms with van der Waals surface area (Å²) >= 11 is 0. The molecule has 3 rings (SSSR count). The van der Waals surface area contributed by atoms with Gasteiger partial charge in [0, 0.05) is 31.1 Å². The summed E-state index contributed by atoms with van der Waals surface area (Å²) in [5.41, 5.74) is 3.06. The third-order valence-electron chi connectivity index (χ3n) is 4.72. The number of carbonyl (C=O) groups excluding carboxylic acids is 1. The minimum atomic E-state index is -0.196. The van der Waals surface area contributed by atoms with Gasteiger partial charge in [0.05, 0.1) is 12.2 Å². The van der Waals surface area contributed by atoms with E-state index in [1.54, 1.807) is 0 Å². The van der Waals surface area contributed by atoms with Gasteiger partial charge in [0.15, 0.2) is 5.78 Å². The highest BCUT2D eigenvalue weighted by Crippen LogP contribution is 2.37. The Bertz CT molecular complexity index is 515. The Hall–Kier alpha value is -1.19. The minimum absolute atomic E-state index is 0.0764. The molecule has 3 heteroatoms. The number of benzene rings is 1. The van der Waals surface area contributed by atoms with Gasteiger partial charge in [0.25, 0.3) is 0 Å². The van der Waals surface area contributed by atoms with E-state index in [1.165, 1.54) is 11.1 Å². The molecule has 20 heavy (non-hydrogen) atoms. The molecular weight excluding hydrogens is 252 g/mol. The number of hydrogen-bond acceptors (Lipinski definition) is 3. The SMILES string of the molecule is Cc1ccc(C(=O)C2CCOC3(CCOC3)C2)cc1C. The van der Waals surface area contributed by atoms with E-state index < -0.39 is 0 Å². The standard InChI is InChI=1S/C17H22O3/c1-12-3-4-14(9-13(12)2)16(18)15-5-7-20-17(10-15)6-8-19-11-17/h3-4,9,15H,5-8,10-11H2,1-2H3. The smallest absolute Gasteiger partial charge is 0.166 e. The van der Waals surface area contributed by atoms with Crippen LogP contribution in [0.2, 0.25) is 0 Å². The van der Waals surface area contributed by atoms with E-state index in [0.717, 1.165) is 31.4 Å². The number of ketones is 1. The molecule has 1 aromatic carbocycles. The van der Waals surface area contributed by atoms with Gasteiger partial charge in [0.1, 0.15) is 0 Å². The molecule has 2 aliphatic heterocycles. The van der Waals surface area contributed by atoms with E-state index in [-0.39, 0.29) is 17.3 Å². The van der Waals surface area contributed by atoms with E-state index in [9.17, 15) is 4.79 Å². The molecule has 0 saturated carbocycles. The lowest BCUT2D eigenvalue weighted by atomic mass is 9.81. The minimum Gasteiger partial charge on any atom is -0.378 e. The van der Waals surface area contributed by atoms with Crippen LogP contribution in [0.4, 0.5) is 0 Å². The second-order valence-electron chi connectivity index (χ2n) is 6.19. The van der Waals surface area contributed by atoms with Gasteiger partial charge in [-0.2, -0.15) is 0 Å². The maximum Gasteiger partial charge on any atom is 0.166 e. The first-order valence-electron chi connectivity index (χ1n) is 7.43. The Morgan fingerprint density at radius 3 is 2.80 bits per heavy atom. The monoisotopic (exact) mass is 274 g/mol. The molecule has 1 spiro atoms. The largest absolute Gasteiger partial charge is 0.378 e. The lowest BCUT2D eigenvalue weighted by molar-refractivity contribution is -0.0920. The fraction of sp³-hybridized carbons (Fsp3) is 0.588. The molecule has 0 aromatic heterocycles. The highest BCUT2D eigenvalue weighted by Gasteiger charge is 2.43. The maximum atomic E-state index is 12.7. The topological polar surface area (TPSA) is 35.5 Å². The van der Waals surface area contributed by atoms with Crippen molar-refractivity contribution in [1.82, 2.24) is 0 Å². The molecule has 2 aliphatic rings. The average molecular weight is 274 g/mol. The molecule has 2 fully saturated rings. The van der Waals surface area contributed by atoms with Gasteiger partial charge in [-0.1, -0.05) is 12.1 Å². The highest BCUT2D eigenvalue weighted by atomic mass is 16.6. The third-order valence-corrected chi connectivity index (χ3v) is 4.72. The summed E-state index contributed by atoms with van der Waals surface area (Å²) in [5.74, 6) is 0.343. The summed E-state index contributed by atoms with van der Waals surface area (Å²) in [7, 11) is 0. The Morgan fingerprint density at radius 2 is 2.10 bits per heavy atom. The lowest BCUT2D eigenvalue weighted by Crippen LogP contribution is -2.42. The van der Waals surface area contributed by atoms with Gasteiger partial charge in [-0.15, -0.1) is 0 Å². The second-order valence-corrected chi connectivity index (χ2v) is 6.19. The average Bonchev–Trinajstić information content (AvgIpc) is 2.89. The number of Topliss-reactive ketones (excluding diaryl/α,β-unsaturated/α-hetero) is 1. The predicted molar refractivity (Wildman–Crippen MR) is 77.1 cm³/mol. The van der Waals surface area contributed by atoms with Crippen LogP contribution in [0.25, 0.3) is 0 Å². The van der Waals surface area contributed by atoms with Crippen LogP contribution in [0.1, 0.15) is 40.7 Å². The zero-order valence-corrected chi connectivity index (χ0v) is 12.3. The Labute approximate surface area is 120 Å². The molecule has 2 saturated heterocycles. The first-order chi connectivity index (χ1) is 9.60. The molecule has 3 nitrogen and oxygen atoms in total. The number of aryl methyl sites for hydroxylation is 2. The quantitative estimate of drug-likeness (QED) is 0.777. The number of ether oxygens (including phenoxy) is 2. The molecule has 0 aliphatic carbocycles. The van der Waals surface area contributed by atoms with Crippen molar-refractivity contribution in [2.24, 2.45) is 5.92 Å². The van der Waals surface area contributed by atoms with Crippen molar-refractivity contribution in [1.29, 1.82) is 0 Å². The molecule has 2 unspecified atom stereocenters. The molecule has 2 heterocycles. The molecule has 0 bridgehead atoms. The van der Waals surface area contributed by atoms with Gasteiger partial charge in [-0.3, -0.25) is 4.79 Å². The molecule has 0 radical (unpaired) electrons. The fourth-order valence-corrected chi connectivity index (χ4v) is 3.25. The van der Waals surface area contributed by atoms with Crippen molar-refractivity contribution >= 4 is 5.78 Å². The molecular formula is C17H22O3. The molecule has 2 atom stereocenters. The van der Waals surface area contributed by atoms with Gasteiger partial charge in [-0.25, -0.2) is 0 Å². The first kappa shape index (κ1) is 13.8. The molecule has 1 aromatic rings. The number of rotatable bonds is 2. The summed E-state index contributed by atoms with van der Waals surface area (Å²) < 4.78 is 11.4. The first-order valence-corrected chi connectivity index (χ1v) is 7.43. The van der Waals surface area contributed by atoms with E-state index in [1.807, 2.05) is 18.2 Å². The highest BCUT2D eigenvalue weighted by molar-refractivity contribution is 5.98. The zero-order valence-electron chi connectivity index (χ0n) is 12.3. The summed E-state index contributed by atoms with van der Waals surface area (Å²) in [6, 6.07) is 6.01. The van der Waals surface area contributed by atoms with Crippen LogP contribution in [0.15, 0.2) is 18.2 Å². The van der Waals surface area contributed by atoms with Crippen molar-refractivity contribution in [3.8, 4) is 0 Å². The van der Waals surface area contributed by atoms with Gasteiger partial charge >= 0.3 is 0 Å². The lowest BCUT2D eigenvalue weighted by Gasteiger charge is -2.36. The van der Waals surface area contributed by atoms with E-state index in [2.05, 4.69) is 13.8 Å². The second kappa shape index (κ2) is 5.30. The number of hydrogen-bond donors (Lipinski definition) is 0. The van der Waals surface area contributed by atoms with Gasteiger partial charge in [0.2, 0.25) is 0 Å². The predicted octanol–water partition coefficient (Wildman–Crippen LogP) is 3.07. The summed E-state index contributed by atoms with van der Waals surface area (Å²) in [5, 5.41) is 0. The van der Waals surface area contributed by atoms with Crippen LogP contribution in [-0.2, 0) is 9.47 Å². The van der Waals surface area contributed by atoms with Crippen LogP contribution in [0, 0.1) is 19.8 Å². The van der Waals surface area contributed by atoms with Crippen LogP contribution in [0.3, 0.4) is 0 Å². The Kier molecular flexibility index (Phi) is 3.65. The van der Waals surface area contributed by atoms with Crippen LogP contribution >= 0.6 is 0 Å². The van der Waals surface area contributed by atoms with Crippen molar-refractivity contribution < 1.29 is 14.3 Å². The summed E-state index contributed by atoms with van der Waals surface area (Å²) in [6.45, 7) is 6.20. The molecule has 0 amide bonds. The van der Waals surface area contributed by atoms with Crippen molar-refractivity contribution in [2.75, 3.05) is 19.8 Å². The third kappa shape index (κ3) is 2.52. The van der Waals surface area contributed by atoms with Crippen molar-refractivity contribution in [2.45, 2.75) is 38.7 Å². The van der Waals surface area contributed by atoms with Crippen LogP contribution in [0.5, 0.6) is 0 Å². The fourth-order valence-electron chi connectivity index (χ4n) is 3.25. The normalized spacial score (nSPS) is 29.8. The van der Waals surface area contributed by atoms with Crippen LogP contribution in [-0.4, -0.2) is 31.2 Å². The van der Waals surface area contributed by atoms with Gasteiger partial charge in [-0.05, 0) is 43.9 Å². The zero-order chi connectivity index (χ0) is 14.2.